The van der Waals surface area contributed by atoms with E-state index in [9.17, 15) is 14.7 Å². The lowest BCUT2D eigenvalue weighted by Gasteiger charge is -2.26. The van der Waals surface area contributed by atoms with E-state index in [0.717, 1.165) is 24.8 Å². The van der Waals surface area contributed by atoms with Crippen LogP contribution in [-0.2, 0) is 17.8 Å². The molecule has 2 unspecified atom stereocenters. The Balaban J connectivity index is 1.20. The summed E-state index contributed by atoms with van der Waals surface area (Å²) in [5, 5.41) is 22.4. The van der Waals surface area contributed by atoms with Crippen LogP contribution in [0.25, 0.3) is 11.0 Å². The van der Waals surface area contributed by atoms with Crippen molar-refractivity contribution >= 4 is 46.1 Å². The van der Waals surface area contributed by atoms with E-state index in [4.69, 9.17) is 27.9 Å². The minimum Gasteiger partial charge on any atom is -0.478 e. The van der Waals surface area contributed by atoms with Crippen LogP contribution < -0.4 is 10.1 Å². The molecular weight excluding hydrogens is 575 g/mol. The third-order valence-corrected chi connectivity index (χ3v) is 8.02. The van der Waals surface area contributed by atoms with E-state index >= 15 is 0 Å². The number of rotatable bonds is 8. The van der Waals surface area contributed by atoms with Crippen molar-refractivity contribution in [1.82, 2.24) is 20.3 Å². The summed E-state index contributed by atoms with van der Waals surface area (Å²) in [4.78, 5) is 25.1. The molecule has 6 rings (SSSR count). The fourth-order valence-electron chi connectivity index (χ4n) is 5.35. The molecule has 10 heteroatoms. The highest BCUT2D eigenvalue weighted by atomic mass is 35.5. The van der Waals surface area contributed by atoms with Crippen LogP contribution >= 0.6 is 23.2 Å². The number of amides is 1. The summed E-state index contributed by atoms with van der Waals surface area (Å²) in [5.41, 5.74) is 5.33. The number of aliphatic carboxylic acids is 1. The summed E-state index contributed by atoms with van der Waals surface area (Å²) in [6, 6.07) is 25.0. The molecule has 1 aliphatic rings. The van der Waals surface area contributed by atoms with Gasteiger partial charge in [-0.15, -0.1) is 5.10 Å². The molecule has 0 aliphatic heterocycles. The molecule has 2 atom stereocenters. The smallest absolute Gasteiger partial charge is 0.349 e. The molecule has 0 radical (unpaired) electrons. The van der Waals surface area contributed by atoms with E-state index < -0.39 is 12.1 Å². The van der Waals surface area contributed by atoms with Gasteiger partial charge in [0.15, 0.2) is 0 Å². The maximum absolute atomic E-state index is 13.2. The van der Waals surface area contributed by atoms with E-state index in [0.29, 0.717) is 38.0 Å². The van der Waals surface area contributed by atoms with Gasteiger partial charge in [-0.05, 0) is 84.5 Å². The predicted molar refractivity (Wildman–Crippen MR) is 160 cm³/mol. The van der Waals surface area contributed by atoms with Crippen molar-refractivity contribution in [2.24, 2.45) is 0 Å². The first-order valence-electron chi connectivity index (χ1n) is 13.5. The zero-order chi connectivity index (χ0) is 29.2. The Bertz CT molecular complexity index is 1800. The standard InChI is InChI=1S/C32H26Cl2N4O4/c33-23-8-3-7-20(15-23)30(32(40)41)42-24-12-13-26(34)22(16-24)18-38-29-14-11-21(17-28(29)36-37-38)31(39)35-27-10-4-6-19-5-1-2-9-25(19)27/h1-3,5,7-9,11-17,27,30H,4,6,10,18H2,(H,35,39)(H,40,41). The van der Waals surface area contributed by atoms with Crippen molar-refractivity contribution in [2.45, 2.75) is 38.0 Å². The highest BCUT2D eigenvalue weighted by Crippen LogP contribution is 2.31. The van der Waals surface area contributed by atoms with Crippen molar-refractivity contribution in [3.8, 4) is 5.75 Å². The number of carboxylic acid groups (broad SMARTS) is 1. The molecule has 8 nitrogen and oxygen atoms in total. The first-order chi connectivity index (χ1) is 20.4. The summed E-state index contributed by atoms with van der Waals surface area (Å²) in [6.07, 6.45) is 1.70. The summed E-state index contributed by atoms with van der Waals surface area (Å²) < 4.78 is 7.51. The van der Waals surface area contributed by atoms with E-state index in [1.165, 1.54) is 11.1 Å². The molecule has 0 saturated carbocycles. The lowest BCUT2D eigenvalue weighted by Crippen LogP contribution is -2.30. The Morgan fingerprint density at radius 1 is 1.02 bits per heavy atom. The molecule has 4 aromatic carbocycles. The Labute approximate surface area is 251 Å². The maximum Gasteiger partial charge on any atom is 0.349 e. The molecule has 2 N–H and O–H groups in total. The predicted octanol–water partition coefficient (Wildman–Crippen LogP) is 6.80. The number of carbonyl (C=O) groups excluding carboxylic acids is 1. The van der Waals surface area contributed by atoms with Crippen molar-refractivity contribution in [3.05, 3.63) is 123 Å². The van der Waals surface area contributed by atoms with Crippen LogP contribution in [0.1, 0.15) is 57.6 Å². The highest BCUT2D eigenvalue weighted by molar-refractivity contribution is 6.31. The van der Waals surface area contributed by atoms with Crippen molar-refractivity contribution in [3.63, 3.8) is 0 Å². The second-order valence-electron chi connectivity index (χ2n) is 10.2. The highest BCUT2D eigenvalue weighted by Gasteiger charge is 2.24. The van der Waals surface area contributed by atoms with Crippen LogP contribution in [0.15, 0.2) is 84.9 Å². The molecule has 212 valence electrons. The van der Waals surface area contributed by atoms with Crippen LogP contribution in [-0.4, -0.2) is 32.0 Å². The van der Waals surface area contributed by atoms with Crippen LogP contribution in [0.3, 0.4) is 0 Å². The molecule has 1 heterocycles. The SMILES string of the molecule is O=C(NC1CCCc2ccccc21)c1ccc2c(c1)nnn2Cc1cc(OC(C(=O)O)c2cccc(Cl)c2)ccc1Cl. The first kappa shape index (κ1) is 27.8. The average Bonchev–Trinajstić information content (AvgIpc) is 3.39. The monoisotopic (exact) mass is 600 g/mol. The minimum atomic E-state index is -1.25. The molecule has 5 aromatic rings. The number of fused-ring (bicyclic) bond motifs is 2. The Morgan fingerprint density at radius 2 is 1.88 bits per heavy atom. The molecule has 1 aliphatic carbocycles. The van der Waals surface area contributed by atoms with Gasteiger partial charge >= 0.3 is 5.97 Å². The third-order valence-electron chi connectivity index (χ3n) is 7.42. The van der Waals surface area contributed by atoms with Gasteiger partial charge in [0.1, 0.15) is 11.3 Å². The zero-order valence-corrected chi connectivity index (χ0v) is 23.8. The quantitative estimate of drug-likeness (QED) is 0.203. The van der Waals surface area contributed by atoms with E-state index in [1.54, 1.807) is 59.3 Å². The topological polar surface area (TPSA) is 106 Å². The lowest BCUT2D eigenvalue weighted by atomic mass is 9.87. The van der Waals surface area contributed by atoms with Gasteiger partial charge in [-0.1, -0.05) is 64.8 Å². The maximum atomic E-state index is 13.2. The van der Waals surface area contributed by atoms with Gasteiger partial charge in [0.05, 0.1) is 18.1 Å². The minimum absolute atomic E-state index is 0.0231. The molecular formula is C32H26Cl2N4O4. The summed E-state index contributed by atoms with van der Waals surface area (Å²) >= 11 is 12.5. The number of nitrogens with one attached hydrogen (secondary N) is 1. The molecule has 0 saturated heterocycles. The van der Waals surface area contributed by atoms with E-state index in [1.807, 2.05) is 18.2 Å². The largest absolute Gasteiger partial charge is 0.478 e. The van der Waals surface area contributed by atoms with E-state index in [-0.39, 0.29) is 18.5 Å². The fourth-order valence-corrected chi connectivity index (χ4v) is 5.73. The fraction of sp³-hybridized carbons (Fsp3) is 0.188. The molecule has 0 bridgehead atoms. The number of benzene rings is 4. The van der Waals surface area contributed by atoms with Gasteiger partial charge in [0.2, 0.25) is 6.10 Å². The van der Waals surface area contributed by atoms with Gasteiger partial charge in [-0.25, -0.2) is 9.48 Å². The second-order valence-corrected chi connectivity index (χ2v) is 11.1. The second kappa shape index (κ2) is 11.8. The molecule has 1 aromatic heterocycles. The number of carboxylic acids is 1. The zero-order valence-electron chi connectivity index (χ0n) is 22.3. The van der Waals surface area contributed by atoms with Gasteiger partial charge in [0.25, 0.3) is 5.91 Å². The first-order valence-corrected chi connectivity index (χ1v) is 14.3. The summed E-state index contributed by atoms with van der Waals surface area (Å²) in [6.45, 7) is 0.256. The Kier molecular flexibility index (Phi) is 7.82. The van der Waals surface area contributed by atoms with Crippen LogP contribution in [0.4, 0.5) is 0 Å². The summed E-state index contributed by atoms with van der Waals surface area (Å²) in [5.74, 6) is -0.980. The molecule has 42 heavy (non-hydrogen) atoms. The van der Waals surface area contributed by atoms with Crippen molar-refractivity contribution in [2.75, 3.05) is 0 Å². The number of hydrogen-bond acceptors (Lipinski definition) is 5. The molecule has 1 amide bonds. The lowest BCUT2D eigenvalue weighted by molar-refractivity contribution is -0.145. The number of carbonyl (C=O) groups is 2. The van der Waals surface area contributed by atoms with Gasteiger partial charge in [-0.2, -0.15) is 0 Å². The number of nitrogens with zero attached hydrogens (tertiary/aromatic N) is 3. The Morgan fingerprint density at radius 3 is 2.71 bits per heavy atom. The summed E-state index contributed by atoms with van der Waals surface area (Å²) in [7, 11) is 0. The van der Waals surface area contributed by atoms with Crippen LogP contribution in [0, 0.1) is 0 Å². The van der Waals surface area contributed by atoms with Gasteiger partial charge in [0, 0.05) is 21.2 Å². The van der Waals surface area contributed by atoms with Crippen molar-refractivity contribution in [1.29, 1.82) is 0 Å². The van der Waals surface area contributed by atoms with Gasteiger partial charge < -0.3 is 15.2 Å². The number of ether oxygens (including phenoxy) is 1. The average molecular weight is 601 g/mol. The molecule has 0 fully saturated rings. The van der Waals surface area contributed by atoms with Crippen LogP contribution in [0.2, 0.25) is 10.0 Å². The molecule has 0 spiro atoms. The normalized spacial score (nSPS) is 15.1. The van der Waals surface area contributed by atoms with Crippen molar-refractivity contribution < 1.29 is 19.4 Å². The number of aromatic nitrogens is 3. The van der Waals surface area contributed by atoms with Crippen LogP contribution in [0.5, 0.6) is 5.75 Å². The Hall–Kier alpha value is -4.40. The number of halogens is 2. The number of aryl methyl sites for hydroxylation is 1. The van der Waals surface area contributed by atoms with E-state index in [2.05, 4.69) is 27.8 Å². The third kappa shape index (κ3) is 5.82. The van der Waals surface area contributed by atoms with Gasteiger partial charge in [-0.3, -0.25) is 4.79 Å². The number of hydrogen-bond donors (Lipinski definition) is 2.